The Balaban J connectivity index is 2.19. The van der Waals surface area contributed by atoms with Crippen molar-refractivity contribution < 1.29 is 17.9 Å². The van der Waals surface area contributed by atoms with Crippen LogP contribution in [0.3, 0.4) is 0 Å². The van der Waals surface area contributed by atoms with Crippen LogP contribution in [0.15, 0.2) is 40.5 Å². The molecular weight excluding hydrogens is 245 g/mol. The molecule has 6 heteroatoms. The second kappa shape index (κ2) is 4.36. The monoisotopic (exact) mass is 256 g/mol. The van der Waals surface area contributed by atoms with Crippen LogP contribution in [-0.4, -0.2) is 18.6 Å². The van der Waals surface area contributed by atoms with E-state index in [0.717, 1.165) is 11.1 Å². The first-order valence-electron chi connectivity index (χ1n) is 5.23. The first-order valence-corrected chi connectivity index (χ1v) is 5.23. The lowest BCUT2D eigenvalue weighted by Crippen LogP contribution is -2.17. The van der Waals surface area contributed by atoms with Crippen molar-refractivity contribution in [2.45, 2.75) is 13.3 Å². The molecule has 0 spiro atoms. The molecule has 0 bridgehead atoms. The number of aliphatic imine (C=N–C) groups is 1. The molecule has 0 unspecified atom stereocenters. The molecule has 1 aliphatic heterocycles. The zero-order chi connectivity index (χ0) is 13.3. The maximum atomic E-state index is 12.0. The summed E-state index contributed by atoms with van der Waals surface area (Å²) in [6.45, 7) is 2.27. The average molecular weight is 256 g/mol. The van der Waals surface area contributed by atoms with Crippen LogP contribution >= 0.6 is 0 Å². The molecule has 0 radical (unpaired) electrons. The molecule has 1 aromatic rings. The molecule has 0 aromatic heterocycles. The van der Waals surface area contributed by atoms with Gasteiger partial charge in [-0.05, 0) is 36.8 Å². The number of hydrogen-bond donors (Lipinski definition) is 1. The van der Waals surface area contributed by atoms with Crippen molar-refractivity contribution in [1.29, 1.82) is 0 Å². The van der Waals surface area contributed by atoms with Crippen LogP contribution in [0.1, 0.15) is 12.5 Å². The normalized spacial score (nSPS) is 15.9. The topological polar surface area (TPSA) is 47.6 Å². The summed E-state index contributed by atoms with van der Waals surface area (Å²) in [4.78, 5) is 4.23. The van der Waals surface area contributed by atoms with Gasteiger partial charge in [-0.3, -0.25) is 4.99 Å². The third-order valence-electron chi connectivity index (χ3n) is 2.61. The molecule has 0 saturated carbocycles. The summed E-state index contributed by atoms with van der Waals surface area (Å²) in [7, 11) is 0. The third kappa shape index (κ3) is 2.64. The van der Waals surface area contributed by atoms with E-state index >= 15 is 0 Å². The lowest BCUT2D eigenvalue weighted by molar-refractivity contribution is -0.274. The summed E-state index contributed by atoms with van der Waals surface area (Å²) in [6, 6.07) is 5.57. The van der Waals surface area contributed by atoms with Gasteiger partial charge in [-0.25, -0.2) is 0 Å². The van der Waals surface area contributed by atoms with Gasteiger partial charge in [0.2, 0.25) is 0 Å². The maximum absolute atomic E-state index is 12.0. The molecule has 96 valence electrons. The van der Waals surface area contributed by atoms with Crippen molar-refractivity contribution >= 4 is 5.71 Å². The molecule has 2 N–H and O–H groups in total. The number of hydrogen-bond acceptors (Lipinski definition) is 3. The van der Waals surface area contributed by atoms with Gasteiger partial charge in [-0.1, -0.05) is 0 Å². The number of halogens is 3. The Morgan fingerprint density at radius 1 is 1.22 bits per heavy atom. The summed E-state index contributed by atoms with van der Waals surface area (Å²) >= 11 is 0. The Labute approximate surface area is 102 Å². The van der Waals surface area contributed by atoms with Gasteiger partial charge in [0.05, 0.1) is 12.3 Å². The van der Waals surface area contributed by atoms with Crippen LogP contribution in [0.25, 0.3) is 0 Å². The van der Waals surface area contributed by atoms with Gasteiger partial charge in [0.15, 0.2) is 0 Å². The van der Waals surface area contributed by atoms with Crippen molar-refractivity contribution in [1.82, 2.24) is 0 Å². The zero-order valence-corrected chi connectivity index (χ0v) is 9.58. The number of nitrogens with two attached hydrogens (primary N) is 1. The van der Waals surface area contributed by atoms with E-state index in [4.69, 9.17) is 5.73 Å². The highest BCUT2D eigenvalue weighted by Gasteiger charge is 2.31. The van der Waals surface area contributed by atoms with E-state index in [1.807, 2.05) is 6.92 Å². The molecule has 0 fully saturated rings. The minimum Gasteiger partial charge on any atom is -0.406 e. The fraction of sp³-hybridized carbons (Fsp3) is 0.250. The van der Waals surface area contributed by atoms with Gasteiger partial charge >= 0.3 is 6.36 Å². The predicted molar refractivity (Wildman–Crippen MR) is 61.4 cm³/mol. The Morgan fingerprint density at radius 3 is 2.28 bits per heavy atom. The van der Waals surface area contributed by atoms with E-state index in [1.54, 1.807) is 0 Å². The number of benzene rings is 1. The molecule has 0 amide bonds. The van der Waals surface area contributed by atoms with Crippen LogP contribution in [0.5, 0.6) is 5.75 Å². The SMILES string of the molecule is CC1=C(N)CN=C1c1ccc(OC(F)(F)F)cc1. The third-order valence-corrected chi connectivity index (χ3v) is 2.61. The molecule has 0 aliphatic carbocycles. The Kier molecular flexibility index (Phi) is 3.02. The van der Waals surface area contributed by atoms with Crippen LogP contribution < -0.4 is 10.5 Å². The van der Waals surface area contributed by atoms with Crippen molar-refractivity contribution in [3.8, 4) is 5.75 Å². The van der Waals surface area contributed by atoms with Gasteiger partial charge in [-0.15, -0.1) is 13.2 Å². The van der Waals surface area contributed by atoms with Gasteiger partial charge in [0, 0.05) is 11.3 Å². The smallest absolute Gasteiger partial charge is 0.406 e. The molecule has 2 rings (SSSR count). The zero-order valence-electron chi connectivity index (χ0n) is 9.58. The fourth-order valence-electron chi connectivity index (χ4n) is 1.68. The van der Waals surface area contributed by atoms with E-state index in [-0.39, 0.29) is 5.75 Å². The molecule has 0 saturated heterocycles. The number of rotatable bonds is 2. The molecule has 1 aromatic carbocycles. The highest BCUT2D eigenvalue weighted by atomic mass is 19.4. The first kappa shape index (κ1) is 12.5. The summed E-state index contributed by atoms with van der Waals surface area (Å²) < 4.78 is 39.7. The van der Waals surface area contributed by atoms with Crippen molar-refractivity contribution in [3.05, 3.63) is 41.1 Å². The van der Waals surface area contributed by atoms with Gasteiger partial charge in [-0.2, -0.15) is 0 Å². The van der Waals surface area contributed by atoms with E-state index in [1.165, 1.54) is 24.3 Å². The van der Waals surface area contributed by atoms with Crippen LogP contribution in [-0.2, 0) is 0 Å². The van der Waals surface area contributed by atoms with E-state index in [2.05, 4.69) is 9.73 Å². The van der Waals surface area contributed by atoms with Gasteiger partial charge in [0.1, 0.15) is 5.75 Å². The van der Waals surface area contributed by atoms with Crippen molar-refractivity contribution in [2.75, 3.05) is 6.54 Å². The first-order chi connectivity index (χ1) is 8.37. The summed E-state index contributed by atoms with van der Waals surface area (Å²) in [5, 5.41) is 0. The molecule has 18 heavy (non-hydrogen) atoms. The number of alkyl halides is 3. The van der Waals surface area contributed by atoms with E-state index < -0.39 is 6.36 Å². The predicted octanol–water partition coefficient (Wildman–Crippen LogP) is 2.62. The summed E-state index contributed by atoms with van der Waals surface area (Å²) in [6.07, 6.45) is -4.67. The Morgan fingerprint density at radius 2 is 1.83 bits per heavy atom. The van der Waals surface area contributed by atoms with Gasteiger partial charge in [0.25, 0.3) is 0 Å². The number of allylic oxidation sites excluding steroid dienone is 1. The highest BCUT2D eigenvalue weighted by molar-refractivity contribution is 6.14. The van der Waals surface area contributed by atoms with Crippen molar-refractivity contribution in [2.24, 2.45) is 10.7 Å². The second-order valence-electron chi connectivity index (χ2n) is 3.89. The van der Waals surface area contributed by atoms with Crippen LogP contribution in [0, 0.1) is 0 Å². The van der Waals surface area contributed by atoms with Crippen LogP contribution in [0.2, 0.25) is 0 Å². The standard InChI is InChI=1S/C12H11F3N2O/c1-7-10(16)6-17-11(7)8-2-4-9(5-3-8)18-12(13,14)15/h2-5H,6,16H2,1H3. The number of nitrogens with zero attached hydrogens (tertiary/aromatic N) is 1. The Bertz CT molecular complexity index is 515. The molecule has 0 atom stereocenters. The second-order valence-corrected chi connectivity index (χ2v) is 3.89. The minimum absolute atomic E-state index is 0.251. The lowest BCUT2D eigenvalue weighted by Gasteiger charge is -2.09. The van der Waals surface area contributed by atoms with Gasteiger partial charge < -0.3 is 10.5 Å². The Hall–Kier alpha value is -1.98. The largest absolute Gasteiger partial charge is 0.573 e. The fourth-order valence-corrected chi connectivity index (χ4v) is 1.68. The molecule has 1 heterocycles. The summed E-state index contributed by atoms with van der Waals surface area (Å²) in [5.74, 6) is -0.251. The maximum Gasteiger partial charge on any atom is 0.573 e. The van der Waals surface area contributed by atoms with Crippen LogP contribution in [0.4, 0.5) is 13.2 Å². The van der Waals surface area contributed by atoms with E-state index in [0.29, 0.717) is 18.0 Å². The minimum atomic E-state index is -4.67. The molecule has 1 aliphatic rings. The lowest BCUT2D eigenvalue weighted by atomic mass is 10.0. The van der Waals surface area contributed by atoms with E-state index in [9.17, 15) is 13.2 Å². The van der Waals surface area contributed by atoms with Crippen molar-refractivity contribution in [3.63, 3.8) is 0 Å². The molecule has 3 nitrogen and oxygen atoms in total. The molecular formula is C12H11F3N2O. The highest BCUT2D eigenvalue weighted by Crippen LogP contribution is 2.24. The average Bonchev–Trinajstić information content (AvgIpc) is 2.59. The quantitative estimate of drug-likeness (QED) is 0.884. The number of ether oxygens (including phenoxy) is 1. The summed E-state index contributed by atoms with van der Waals surface area (Å²) in [5.41, 5.74) is 8.69.